The molecule has 0 heterocycles. The lowest BCUT2D eigenvalue weighted by Gasteiger charge is -2.19. The first kappa shape index (κ1) is 24.5. The van der Waals surface area contributed by atoms with Crippen LogP contribution in [0.2, 0.25) is 0 Å². The van der Waals surface area contributed by atoms with E-state index in [-0.39, 0.29) is 22.5 Å². The molecule has 0 spiro atoms. The van der Waals surface area contributed by atoms with Crippen molar-refractivity contribution in [2.75, 3.05) is 6.61 Å². The van der Waals surface area contributed by atoms with E-state index >= 15 is 0 Å². The number of allylic oxidation sites excluding steroid dienone is 1. The Morgan fingerprint density at radius 1 is 0.912 bits per heavy atom. The molecule has 0 fully saturated rings. The van der Waals surface area contributed by atoms with Gasteiger partial charge in [0.2, 0.25) is 5.78 Å². The van der Waals surface area contributed by atoms with Gasteiger partial charge in [0, 0.05) is 5.56 Å². The molecule has 34 heavy (non-hydrogen) atoms. The number of hydrogen-bond acceptors (Lipinski definition) is 5. The Kier molecular flexibility index (Phi) is 7.65. The quantitative estimate of drug-likeness (QED) is 0.136. The third-order valence-corrected chi connectivity index (χ3v) is 5.17. The van der Waals surface area contributed by atoms with Crippen molar-refractivity contribution in [3.63, 3.8) is 0 Å². The number of Topliss-reactive ketones (excluding diaryl/α,β-unsaturated/α-hetero) is 1. The maximum atomic E-state index is 12.7. The molecular weight excluding hydrogens is 426 g/mol. The molecule has 0 aliphatic rings. The highest BCUT2D eigenvalue weighted by molar-refractivity contribution is 6.14. The highest BCUT2D eigenvalue weighted by atomic mass is 16.6. The molecule has 5 heteroatoms. The van der Waals surface area contributed by atoms with Gasteiger partial charge >= 0.3 is 5.97 Å². The molecule has 0 unspecified atom stereocenters. The van der Waals surface area contributed by atoms with Crippen LogP contribution in [0.1, 0.15) is 59.5 Å². The van der Waals surface area contributed by atoms with Gasteiger partial charge in [-0.2, -0.15) is 5.26 Å². The topological polar surface area (TPSA) is 76.4 Å². The zero-order valence-electron chi connectivity index (χ0n) is 19.8. The van der Waals surface area contributed by atoms with Crippen LogP contribution >= 0.6 is 0 Å². The maximum Gasteiger partial charge on any atom is 0.343 e. The van der Waals surface area contributed by atoms with Crippen LogP contribution in [0.15, 0.2) is 78.4 Å². The van der Waals surface area contributed by atoms with E-state index in [1.807, 2.05) is 25.1 Å². The largest absolute Gasteiger partial charge is 0.490 e. The monoisotopic (exact) mass is 453 g/mol. The molecule has 3 aromatic rings. The molecule has 3 aromatic carbocycles. The first-order chi connectivity index (χ1) is 16.2. The average molecular weight is 454 g/mol. The van der Waals surface area contributed by atoms with Gasteiger partial charge < -0.3 is 9.47 Å². The summed E-state index contributed by atoms with van der Waals surface area (Å²) in [4.78, 5) is 25.4. The Balaban J connectivity index is 1.85. The molecule has 0 N–H and O–H groups in total. The zero-order chi connectivity index (χ0) is 24.7. The van der Waals surface area contributed by atoms with Gasteiger partial charge in [0.15, 0.2) is 11.5 Å². The van der Waals surface area contributed by atoms with Gasteiger partial charge in [-0.3, -0.25) is 4.79 Å². The van der Waals surface area contributed by atoms with Gasteiger partial charge in [-0.25, -0.2) is 4.79 Å². The van der Waals surface area contributed by atoms with Gasteiger partial charge in [-0.15, -0.1) is 0 Å². The molecule has 0 aliphatic carbocycles. The van der Waals surface area contributed by atoms with Gasteiger partial charge in [0.05, 0.1) is 12.2 Å². The van der Waals surface area contributed by atoms with Crippen molar-refractivity contribution in [1.29, 1.82) is 5.26 Å². The third-order valence-electron chi connectivity index (χ3n) is 5.17. The fourth-order valence-corrected chi connectivity index (χ4v) is 3.29. The first-order valence-electron chi connectivity index (χ1n) is 11.0. The fraction of sp³-hybridized carbons (Fsp3) is 0.207. The van der Waals surface area contributed by atoms with Crippen LogP contribution in [0, 0.1) is 11.3 Å². The minimum Gasteiger partial charge on any atom is -0.490 e. The number of nitriles is 1. The number of esters is 1. The van der Waals surface area contributed by atoms with E-state index in [0.29, 0.717) is 29.0 Å². The third kappa shape index (κ3) is 5.99. The van der Waals surface area contributed by atoms with E-state index in [0.717, 1.165) is 5.56 Å². The summed E-state index contributed by atoms with van der Waals surface area (Å²) in [6.45, 7) is 8.49. The number of ketones is 1. The van der Waals surface area contributed by atoms with Crippen molar-refractivity contribution >= 4 is 17.8 Å². The smallest absolute Gasteiger partial charge is 0.343 e. The Labute approximate surface area is 200 Å². The summed E-state index contributed by atoms with van der Waals surface area (Å²) in [7, 11) is 0. The Morgan fingerprint density at radius 2 is 1.59 bits per heavy atom. The lowest BCUT2D eigenvalue weighted by Crippen LogP contribution is -2.13. The Bertz CT molecular complexity index is 1240. The van der Waals surface area contributed by atoms with Crippen molar-refractivity contribution < 1.29 is 19.1 Å². The first-order valence-corrected chi connectivity index (χ1v) is 11.0. The minimum absolute atomic E-state index is 0.00247. The molecule has 0 aliphatic heterocycles. The van der Waals surface area contributed by atoms with E-state index in [9.17, 15) is 14.9 Å². The van der Waals surface area contributed by atoms with Crippen LogP contribution in [-0.2, 0) is 5.41 Å². The Morgan fingerprint density at radius 3 is 2.18 bits per heavy atom. The van der Waals surface area contributed by atoms with Crippen LogP contribution in [0.5, 0.6) is 11.5 Å². The predicted molar refractivity (Wildman–Crippen MR) is 132 cm³/mol. The molecule has 5 nitrogen and oxygen atoms in total. The van der Waals surface area contributed by atoms with Crippen molar-refractivity contribution in [2.24, 2.45) is 0 Å². The normalized spacial score (nSPS) is 11.4. The molecular formula is C29H27NO4. The van der Waals surface area contributed by atoms with E-state index in [2.05, 4.69) is 20.8 Å². The summed E-state index contributed by atoms with van der Waals surface area (Å²) in [6, 6.07) is 22.8. The summed E-state index contributed by atoms with van der Waals surface area (Å²) in [5, 5.41) is 9.52. The molecule has 3 rings (SSSR count). The van der Waals surface area contributed by atoms with E-state index in [1.165, 1.54) is 6.08 Å². The molecule has 0 saturated carbocycles. The summed E-state index contributed by atoms with van der Waals surface area (Å²) in [5.74, 6) is -0.255. The SMILES string of the molecule is CCOc1cc(/C=C(\C#N)C(=O)c2ccccc2)ccc1OC(=O)c1ccc(C(C)(C)C)cc1. The highest BCUT2D eigenvalue weighted by Crippen LogP contribution is 2.31. The second kappa shape index (κ2) is 10.6. The van der Waals surface area contributed by atoms with Crippen molar-refractivity contribution in [3.05, 3.63) is 101 Å². The van der Waals surface area contributed by atoms with Crippen molar-refractivity contribution in [1.82, 2.24) is 0 Å². The van der Waals surface area contributed by atoms with Crippen LogP contribution in [0.25, 0.3) is 6.08 Å². The lowest BCUT2D eigenvalue weighted by molar-refractivity contribution is 0.0728. The number of ether oxygens (including phenoxy) is 2. The van der Waals surface area contributed by atoms with E-state index in [4.69, 9.17) is 9.47 Å². The second-order valence-electron chi connectivity index (χ2n) is 8.72. The summed E-state index contributed by atoms with van der Waals surface area (Å²) < 4.78 is 11.3. The number of hydrogen-bond donors (Lipinski definition) is 0. The molecule has 0 saturated heterocycles. The molecule has 0 bridgehead atoms. The number of carbonyl (C=O) groups excluding carboxylic acids is 2. The van der Waals surface area contributed by atoms with E-state index in [1.54, 1.807) is 60.7 Å². The van der Waals surface area contributed by atoms with Crippen LogP contribution < -0.4 is 9.47 Å². The van der Waals surface area contributed by atoms with E-state index < -0.39 is 5.97 Å². The van der Waals surface area contributed by atoms with Gasteiger partial charge in [0.25, 0.3) is 0 Å². The molecule has 0 aromatic heterocycles. The predicted octanol–water partition coefficient (Wildman–Crippen LogP) is 6.39. The standard InChI is InChI=1S/C29H27NO4/c1-5-33-26-18-20(17-23(19-30)27(31)21-9-7-6-8-10-21)11-16-25(26)34-28(32)22-12-14-24(15-13-22)29(2,3)4/h6-18H,5H2,1-4H3/b23-17+. The van der Waals surface area contributed by atoms with Crippen molar-refractivity contribution in [3.8, 4) is 17.6 Å². The summed E-state index contributed by atoms with van der Waals surface area (Å²) in [6.07, 6.45) is 1.49. The maximum absolute atomic E-state index is 12.7. The van der Waals surface area contributed by atoms with Crippen LogP contribution in [-0.4, -0.2) is 18.4 Å². The Hall–Kier alpha value is -4.17. The van der Waals surface area contributed by atoms with Crippen LogP contribution in [0.4, 0.5) is 0 Å². The molecule has 0 amide bonds. The number of nitrogens with zero attached hydrogens (tertiary/aromatic N) is 1. The summed E-state index contributed by atoms with van der Waals surface area (Å²) >= 11 is 0. The fourth-order valence-electron chi connectivity index (χ4n) is 3.29. The highest BCUT2D eigenvalue weighted by Gasteiger charge is 2.17. The van der Waals surface area contributed by atoms with Gasteiger partial charge in [-0.05, 0) is 53.8 Å². The zero-order valence-corrected chi connectivity index (χ0v) is 19.8. The number of rotatable bonds is 7. The van der Waals surface area contributed by atoms with Crippen molar-refractivity contribution in [2.45, 2.75) is 33.1 Å². The minimum atomic E-state index is -0.498. The second-order valence-corrected chi connectivity index (χ2v) is 8.72. The number of carbonyl (C=O) groups is 2. The lowest BCUT2D eigenvalue weighted by atomic mass is 9.87. The molecule has 0 radical (unpaired) electrons. The molecule has 172 valence electrons. The summed E-state index contributed by atoms with van der Waals surface area (Å²) in [5.41, 5.74) is 2.55. The average Bonchev–Trinajstić information content (AvgIpc) is 2.83. The van der Waals surface area contributed by atoms with Crippen LogP contribution in [0.3, 0.4) is 0 Å². The van der Waals surface area contributed by atoms with Gasteiger partial charge in [-0.1, -0.05) is 69.3 Å². The van der Waals surface area contributed by atoms with Gasteiger partial charge in [0.1, 0.15) is 11.6 Å². The number of benzene rings is 3. The molecule has 0 atom stereocenters.